The van der Waals surface area contributed by atoms with Crippen LogP contribution in [-0.2, 0) is 26.9 Å². The van der Waals surface area contributed by atoms with Crippen LogP contribution in [-0.4, -0.2) is 54.3 Å². The van der Waals surface area contributed by atoms with Crippen molar-refractivity contribution < 1.29 is 13.2 Å². The second-order valence-corrected chi connectivity index (χ2v) is 10.5. The Hall–Kier alpha value is -1.97. The van der Waals surface area contributed by atoms with E-state index < -0.39 is 9.84 Å². The van der Waals surface area contributed by atoms with Crippen LogP contribution in [0.3, 0.4) is 0 Å². The number of hydrogen-bond acceptors (Lipinski definition) is 5. The molecule has 0 fully saturated rings. The first-order valence-electron chi connectivity index (χ1n) is 10.4. The van der Waals surface area contributed by atoms with Crippen LogP contribution in [0.2, 0.25) is 0 Å². The third-order valence-corrected chi connectivity index (χ3v) is 6.68. The van der Waals surface area contributed by atoms with Gasteiger partial charge in [-0.1, -0.05) is 29.8 Å². The minimum atomic E-state index is -3.61. The number of nitrogens with one attached hydrogen (secondary N) is 1. The van der Waals surface area contributed by atoms with E-state index in [-0.39, 0.29) is 23.0 Å². The number of aromatic nitrogens is 2. The predicted octanol–water partition coefficient (Wildman–Crippen LogP) is 3.48. The minimum absolute atomic E-state index is 0.0730. The maximum absolute atomic E-state index is 13.2. The number of rotatable bonds is 10. The molecule has 9 heteroatoms. The van der Waals surface area contributed by atoms with Gasteiger partial charge in [-0.15, -0.1) is 0 Å². The summed E-state index contributed by atoms with van der Waals surface area (Å²) in [6, 6.07) is 7.65. The Morgan fingerprint density at radius 1 is 1.23 bits per heavy atom. The van der Waals surface area contributed by atoms with E-state index in [9.17, 15) is 8.42 Å². The molecule has 0 radical (unpaired) electrons. The molecule has 172 valence electrons. The summed E-state index contributed by atoms with van der Waals surface area (Å²) in [6.45, 7) is 11.5. The molecule has 2 rings (SSSR count). The van der Waals surface area contributed by atoms with Crippen LogP contribution in [0.5, 0.6) is 0 Å². The summed E-state index contributed by atoms with van der Waals surface area (Å²) in [5.74, 6) is -0.0862. The zero-order valence-electron chi connectivity index (χ0n) is 19.3. The SMILES string of the molecule is COCCN(Cc1cnc(S(=O)(=O)Cc2ccc(C)cc2)n1C(C)C)C(=S)NC(C)C. The average Bonchev–Trinajstić information content (AvgIpc) is 3.11. The van der Waals surface area contributed by atoms with Crippen LogP contribution >= 0.6 is 12.2 Å². The van der Waals surface area contributed by atoms with E-state index in [1.54, 1.807) is 17.9 Å². The van der Waals surface area contributed by atoms with E-state index in [1.165, 1.54) is 0 Å². The van der Waals surface area contributed by atoms with E-state index in [4.69, 9.17) is 17.0 Å². The summed E-state index contributed by atoms with van der Waals surface area (Å²) >= 11 is 5.56. The molecule has 0 saturated heterocycles. The third kappa shape index (κ3) is 7.02. The first kappa shape index (κ1) is 25.3. The van der Waals surface area contributed by atoms with Gasteiger partial charge in [0.1, 0.15) is 0 Å². The molecule has 0 aliphatic heterocycles. The summed E-state index contributed by atoms with van der Waals surface area (Å²) in [6.07, 6.45) is 1.64. The van der Waals surface area contributed by atoms with Gasteiger partial charge in [-0.2, -0.15) is 0 Å². The van der Waals surface area contributed by atoms with Crippen LogP contribution in [0, 0.1) is 6.92 Å². The number of nitrogens with zero attached hydrogens (tertiary/aromatic N) is 3. The van der Waals surface area contributed by atoms with Crippen molar-refractivity contribution in [1.29, 1.82) is 0 Å². The Bertz CT molecular complexity index is 967. The minimum Gasteiger partial charge on any atom is -0.383 e. The first-order chi connectivity index (χ1) is 14.5. The van der Waals surface area contributed by atoms with E-state index >= 15 is 0 Å². The maximum Gasteiger partial charge on any atom is 0.228 e. The normalized spacial score (nSPS) is 11.9. The summed E-state index contributed by atoms with van der Waals surface area (Å²) in [5.41, 5.74) is 2.63. The summed E-state index contributed by atoms with van der Waals surface area (Å²) in [7, 11) is -1.97. The molecule has 0 bridgehead atoms. The van der Waals surface area contributed by atoms with Gasteiger partial charge >= 0.3 is 0 Å². The average molecular weight is 467 g/mol. The largest absolute Gasteiger partial charge is 0.383 e. The number of methoxy groups -OCH3 is 1. The lowest BCUT2D eigenvalue weighted by Gasteiger charge is -2.28. The van der Waals surface area contributed by atoms with E-state index in [0.717, 1.165) is 16.8 Å². The van der Waals surface area contributed by atoms with Crippen molar-refractivity contribution in [3.8, 4) is 0 Å². The number of aryl methyl sites for hydroxylation is 1. The van der Waals surface area contributed by atoms with Gasteiger partial charge in [-0.3, -0.25) is 0 Å². The number of ether oxygens (including phenoxy) is 1. The van der Waals surface area contributed by atoms with E-state index in [1.807, 2.05) is 63.8 Å². The summed E-state index contributed by atoms with van der Waals surface area (Å²) in [5, 5.41) is 3.94. The van der Waals surface area contributed by atoms with Crippen molar-refractivity contribution in [2.45, 2.75) is 64.2 Å². The molecule has 0 atom stereocenters. The molecule has 2 aromatic rings. The van der Waals surface area contributed by atoms with Crippen molar-refractivity contribution in [3.05, 3.63) is 47.3 Å². The number of thiocarbonyl (C=S) groups is 1. The van der Waals surface area contributed by atoms with Crippen molar-refractivity contribution in [1.82, 2.24) is 19.8 Å². The molecular weight excluding hydrogens is 432 g/mol. The highest BCUT2D eigenvalue weighted by Crippen LogP contribution is 2.23. The van der Waals surface area contributed by atoms with Crippen LogP contribution in [0.1, 0.15) is 50.6 Å². The molecule has 1 aromatic carbocycles. The molecule has 0 aliphatic carbocycles. The Morgan fingerprint density at radius 3 is 2.42 bits per heavy atom. The Balaban J connectivity index is 2.35. The number of sulfone groups is 1. The molecule has 1 N–H and O–H groups in total. The summed E-state index contributed by atoms with van der Waals surface area (Å²) < 4.78 is 33.4. The highest BCUT2D eigenvalue weighted by atomic mass is 32.2. The number of imidazole rings is 1. The first-order valence-corrected chi connectivity index (χ1v) is 12.5. The van der Waals surface area contributed by atoms with E-state index in [2.05, 4.69) is 10.3 Å². The molecular formula is C22H34N4O3S2. The predicted molar refractivity (Wildman–Crippen MR) is 128 cm³/mol. The van der Waals surface area contributed by atoms with Gasteiger partial charge in [0.25, 0.3) is 0 Å². The van der Waals surface area contributed by atoms with Crippen molar-refractivity contribution in [2.24, 2.45) is 0 Å². The fourth-order valence-corrected chi connectivity index (χ4v) is 5.23. The van der Waals surface area contributed by atoms with Gasteiger partial charge in [-0.25, -0.2) is 13.4 Å². The second kappa shape index (κ2) is 11.1. The lowest BCUT2D eigenvalue weighted by Crippen LogP contribution is -2.44. The Morgan fingerprint density at radius 2 is 1.87 bits per heavy atom. The molecule has 0 aliphatic rings. The van der Waals surface area contributed by atoms with E-state index in [0.29, 0.717) is 24.8 Å². The molecule has 7 nitrogen and oxygen atoms in total. The molecule has 1 aromatic heterocycles. The van der Waals surface area contributed by atoms with Gasteiger partial charge in [0.15, 0.2) is 5.11 Å². The second-order valence-electron chi connectivity index (χ2n) is 8.26. The smallest absolute Gasteiger partial charge is 0.228 e. The fourth-order valence-electron chi connectivity index (χ4n) is 3.23. The zero-order valence-corrected chi connectivity index (χ0v) is 20.9. The molecule has 31 heavy (non-hydrogen) atoms. The van der Waals surface area contributed by atoms with Gasteiger partial charge in [0.05, 0.1) is 30.8 Å². The van der Waals surface area contributed by atoms with Crippen LogP contribution in [0.15, 0.2) is 35.6 Å². The quantitative estimate of drug-likeness (QED) is 0.537. The third-order valence-electron chi connectivity index (χ3n) is 4.73. The van der Waals surface area contributed by atoms with Gasteiger partial charge in [0.2, 0.25) is 15.0 Å². The van der Waals surface area contributed by atoms with Crippen molar-refractivity contribution >= 4 is 27.2 Å². The molecule has 0 amide bonds. The molecule has 0 spiro atoms. The number of hydrogen-bond donors (Lipinski definition) is 1. The fraction of sp³-hybridized carbons (Fsp3) is 0.545. The van der Waals surface area contributed by atoms with Gasteiger partial charge < -0.3 is 19.5 Å². The number of benzene rings is 1. The highest BCUT2D eigenvalue weighted by Gasteiger charge is 2.26. The highest BCUT2D eigenvalue weighted by molar-refractivity contribution is 7.90. The lowest BCUT2D eigenvalue weighted by molar-refractivity contribution is 0.172. The van der Waals surface area contributed by atoms with Crippen molar-refractivity contribution in [3.63, 3.8) is 0 Å². The van der Waals surface area contributed by atoms with Crippen LogP contribution < -0.4 is 5.32 Å². The monoisotopic (exact) mass is 466 g/mol. The molecule has 0 saturated carbocycles. The van der Waals surface area contributed by atoms with Crippen LogP contribution in [0.25, 0.3) is 0 Å². The standard InChI is InChI=1S/C22H34N4O3S2/c1-16(2)24-21(30)25(11-12-29-6)14-20-13-23-22(26(20)17(3)4)31(27,28)15-19-9-7-18(5)8-10-19/h7-10,13,16-17H,11-12,14-15H2,1-6H3,(H,24,30). The summed E-state index contributed by atoms with van der Waals surface area (Å²) in [4.78, 5) is 6.31. The van der Waals surface area contributed by atoms with Gasteiger partial charge in [-0.05, 0) is 52.4 Å². The zero-order chi connectivity index (χ0) is 23.2. The lowest BCUT2D eigenvalue weighted by atomic mass is 10.2. The van der Waals surface area contributed by atoms with Gasteiger partial charge in [0, 0.05) is 25.7 Å². The van der Waals surface area contributed by atoms with Crippen LogP contribution in [0.4, 0.5) is 0 Å². The molecule has 0 unspecified atom stereocenters. The maximum atomic E-state index is 13.2. The topological polar surface area (TPSA) is 76.5 Å². The molecule has 1 heterocycles. The Labute approximate surface area is 191 Å². The Kier molecular flexibility index (Phi) is 9.02. The van der Waals surface area contributed by atoms with Crippen molar-refractivity contribution in [2.75, 3.05) is 20.3 Å².